The largest absolute Gasteiger partial charge is 0.467 e. The van der Waals surface area contributed by atoms with Crippen molar-refractivity contribution in [3.05, 3.63) is 53.0 Å². The van der Waals surface area contributed by atoms with E-state index in [2.05, 4.69) is 20.0 Å². The molecule has 0 bridgehead atoms. The molecule has 0 unspecified atom stereocenters. The van der Waals surface area contributed by atoms with Crippen LogP contribution in [-0.4, -0.2) is 55.9 Å². The Morgan fingerprint density at radius 2 is 1.81 bits per heavy atom. The zero-order chi connectivity index (χ0) is 26.3. The van der Waals surface area contributed by atoms with Crippen LogP contribution >= 0.6 is 11.3 Å². The van der Waals surface area contributed by atoms with Crippen LogP contribution in [0.1, 0.15) is 22.5 Å². The Morgan fingerprint density at radius 3 is 2.47 bits per heavy atom. The maximum atomic E-state index is 13.3. The van der Waals surface area contributed by atoms with E-state index in [1.807, 2.05) is 0 Å². The van der Waals surface area contributed by atoms with Gasteiger partial charge in [-0.15, -0.1) is 11.3 Å². The molecule has 0 aliphatic heterocycles. The van der Waals surface area contributed by atoms with Gasteiger partial charge in [0.15, 0.2) is 0 Å². The number of rotatable bonds is 13. The van der Waals surface area contributed by atoms with Crippen molar-refractivity contribution in [2.45, 2.75) is 30.1 Å². The summed E-state index contributed by atoms with van der Waals surface area (Å²) in [6, 6.07) is 6.77. The lowest BCUT2D eigenvalue weighted by atomic mass is 10.0. The molecule has 3 aromatic rings. The predicted octanol–water partition coefficient (Wildman–Crippen LogP) is 0.664. The fourth-order valence-electron chi connectivity index (χ4n) is 3.27. The highest BCUT2D eigenvalue weighted by Crippen LogP contribution is 2.31. The summed E-state index contributed by atoms with van der Waals surface area (Å²) < 4.78 is 34.0. The van der Waals surface area contributed by atoms with Gasteiger partial charge in [-0.3, -0.25) is 19.6 Å². The topological polar surface area (TPSA) is 205 Å². The van der Waals surface area contributed by atoms with Gasteiger partial charge in [0.2, 0.25) is 11.6 Å². The van der Waals surface area contributed by atoms with Gasteiger partial charge in [-0.1, -0.05) is 18.2 Å². The van der Waals surface area contributed by atoms with E-state index in [-0.39, 0.29) is 27.9 Å². The molecule has 0 radical (unpaired) electrons. The molecule has 14 heteroatoms. The molecule has 1 aromatic carbocycles. The molecule has 3 rings (SSSR count). The highest BCUT2D eigenvalue weighted by atomic mass is 32.2. The number of hydrogen-bond acceptors (Lipinski definition) is 12. The molecule has 0 aliphatic rings. The Bertz CT molecular complexity index is 1310. The van der Waals surface area contributed by atoms with E-state index in [0.29, 0.717) is 24.1 Å². The molecule has 1 atom stereocenters. The molecular formula is C22H27N7O5S2. The average molecular weight is 534 g/mol. The van der Waals surface area contributed by atoms with E-state index in [9.17, 15) is 18.0 Å². The van der Waals surface area contributed by atoms with Crippen LogP contribution in [0.3, 0.4) is 0 Å². The zero-order valence-electron chi connectivity index (χ0n) is 19.4. The highest BCUT2D eigenvalue weighted by molar-refractivity contribution is 7.92. The molecule has 0 saturated heterocycles. The maximum absolute atomic E-state index is 13.3. The van der Waals surface area contributed by atoms with Crippen molar-refractivity contribution in [1.29, 1.82) is 0 Å². The Kier molecular flexibility index (Phi) is 9.19. The number of methoxy groups -OCH3 is 1. The van der Waals surface area contributed by atoms with Crippen LogP contribution in [0.15, 0.2) is 53.0 Å². The van der Waals surface area contributed by atoms with Crippen LogP contribution in [-0.2, 0) is 14.8 Å². The van der Waals surface area contributed by atoms with Gasteiger partial charge in [0.1, 0.15) is 11.2 Å². The highest BCUT2D eigenvalue weighted by Gasteiger charge is 2.28. The van der Waals surface area contributed by atoms with Crippen LogP contribution in [0, 0.1) is 0 Å². The standard InChI is InChI=1S/C22H27N7O5S2/c1-34-22-27-11-13(12-28-22)14-5-2-3-7-17(14)36(32,33)29-16-8-10-35-20(16)19(31)18(30)15(23)6-4-9-26-21(24)25/h2-3,5,7-8,10-12,15,21,26,29H,4,6,9,23-25H2,1H3/t15-/m0/s1. The van der Waals surface area contributed by atoms with Crippen LogP contribution in [0.25, 0.3) is 11.1 Å². The van der Waals surface area contributed by atoms with Gasteiger partial charge in [0.05, 0.1) is 23.7 Å². The molecule has 0 saturated carbocycles. The van der Waals surface area contributed by atoms with Crippen molar-refractivity contribution in [2.75, 3.05) is 18.4 Å². The minimum Gasteiger partial charge on any atom is -0.467 e. The molecule has 0 aliphatic carbocycles. The third-order valence-corrected chi connectivity index (χ3v) is 7.38. The minimum atomic E-state index is -4.16. The second-order valence-electron chi connectivity index (χ2n) is 7.65. The summed E-state index contributed by atoms with van der Waals surface area (Å²) in [6.07, 6.45) is 2.89. The Hall–Kier alpha value is -3.27. The number of aromatic nitrogens is 2. The van der Waals surface area contributed by atoms with Gasteiger partial charge in [0, 0.05) is 23.5 Å². The number of carbonyl (C=O) groups excluding carboxylic acids is 2. The maximum Gasteiger partial charge on any atom is 0.316 e. The van der Waals surface area contributed by atoms with E-state index in [1.54, 1.807) is 18.2 Å². The number of carbonyl (C=O) groups is 2. The fraction of sp³-hybridized carbons (Fsp3) is 0.273. The summed E-state index contributed by atoms with van der Waals surface area (Å²) in [5, 5.41) is 4.30. The summed E-state index contributed by atoms with van der Waals surface area (Å²) in [5.74, 6) is -1.68. The molecule has 0 spiro atoms. The number of ether oxygens (including phenoxy) is 1. The molecule has 0 amide bonds. The van der Waals surface area contributed by atoms with Gasteiger partial charge < -0.3 is 21.9 Å². The van der Waals surface area contributed by atoms with Gasteiger partial charge in [-0.2, -0.15) is 0 Å². The van der Waals surface area contributed by atoms with Crippen LogP contribution < -0.4 is 32.0 Å². The van der Waals surface area contributed by atoms with Crippen molar-refractivity contribution in [3.8, 4) is 17.1 Å². The molecule has 12 nitrogen and oxygen atoms in total. The van der Waals surface area contributed by atoms with Gasteiger partial charge in [0.25, 0.3) is 10.0 Å². The van der Waals surface area contributed by atoms with Crippen molar-refractivity contribution in [1.82, 2.24) is 15.3 Å². The van der Waals surface area contributed by atoms with Crippen molar-refractivity contribution >= 4 is 38.6 Å². The second kappa shape index (κ2) is 12.1. The van der Waals surface area contributed by atoms with Crippen molar-refractivity contribution in [3.63, 3.8) is 0 Å². The van der Waals surface area contributed by atoms with E-state index in [1.165, 1.54) is 37.0 Å². The number of hydrogen-bond donors (Lipinski definition) is 5. The first kappa shape index (κ1) is 27.3. The SMILES string of the molecule is COc1ncc(-c2ccccc2S(=O)(=O)Nc2ccsc2C(=O)C(=O)[C@@H](N)CCCNC(N)N)cn1. The third kappa shape index (κ3) is 6.69. The number of nitrogens with zero attached hydrogens (tertiary/aromatic N) is 2. The first-order chi connectivity index (χ1) is 17.1. The molecule has 0 fully saturated rings. The molecule has 36 heavy (non-hydrogen) atoms. The van der Waals surface area contributed by atoms with Crippen LogP contribution in [0.5, 0.6) is 6.01 Å². The van der Waals surface area contributed by atoms with E-state index in [4.69, 9.17) is 21.9 Å². The number of Topliss-reactive ketones (excluding diaryl/α,β-unsaturated/α-hetero) is 2. The molecular weight excluding hydrogens is 506 g/mol. The van der Waals surface area contributed by atoms with Crippen molar-refractivity contribution < 1.29 is 22.7 Å². The number of thiophene rings is 1. The second-order valence-corrected chi connectivity index (χ2v) is 10.2. The first-order valence-electron chi connectivity index (χ1n) is 10.8. The number of nitrogens with one attached hydrogen (secondary N) is 2. The average Bonchev–Trinajstić information content (AvgIpc) is 3.32. The number of anilines is 1. The third-order valence-electron chi connectivity index (χ3n) is 5.05. The summed E-state index contributed by atoms with van der Waals surface area (Å²) in [5.41, 5.74) is 17.5. The van der Waals surface area contributed by atoms with Crippen molar-refractivity contribution in [2.24, 2.45) is 17.2 Å². The lowest BCUT2D eigenvalue weighted by Gasteiger charge is -2.14. The fourth-order valence-corrected chi connectivity index (χ4v) is 5.43. The summed E-state index contributed by atoms with van der Waals surface area (Å²) in [4.78, 5) is 33.4. The van der Waals surface area contributed by atoms with Gasteiger partial charge in [-0.25, -0.2) is 18.4 Å². The van der Waals surface area contributed by atoms with Crippen LogP contribution in [0.2, 0.25) is 0 Å². The number of nitrogens with two attached hydrogens (primary N) is 3. The monoisotopic (exact) mass is 533 g/mol. The summed E-state index contributed by atoms with van der Waals surface area (Å²) in [6.45, 7) is 0.426. The number of ketones is 2. The number of benzene rings is 1. The van der Waals surface area contributed by atoms with E-state index < -0.39 is 33.9 Å². The Morgan fingerprint density at radius 1 is 1.11 bits per heavy atom. The van der Waals surface area contributed by atoms with Gasteiger partial charge >= 0.3 is 6.01 Å². The summed E-state index contributed by atoms with van der Waals surface area (Å²) in [7, 11) is -2.74. The Balaban J connectivity index is 1.79. The molecule has 2 aromatic heterocycles. The number of sulfonamides is 1. The first-order valence-corrected chi connectivity index (χ1v) is 13.1. The van der Waals surface area contributed by atoms with Gasteiger partial charge in [-0.05, 0) is 36.9 Å². The zero-order valence-corrected chi connectivity index (χ0v) is 21.0. The summed E-state index contributed by atoms with van der Waals surface area (Å²) >= 11 is 0.944. The lowest BCUT2D eigenvalue weighted by molar-refractivity contribution is -0.116. The molecule has 192 valence electrons. The van der Waals surface area contributed by atoms with E-state index in [0.717, 1.165) is 11.3 Å². The minimum absolute atomic E-state index is 0.0119. The van der Waals surface area contributed by atoms with Crippen LogP contribution in [0.4, 0.5) is 5.69 Å². The molecule has 2 heterocycles. The van der Waals surface area contributed by atoms with E-state index >= 15 is 0 Å². The quantitative estimate of drug-likeness (QED) is 0.0893. The lowest BCUT2D eigenvalue weighted by Crippen LogP contribution is -2.46. The Labute approximate surface area is 212 Å². The molecule has 8 N–H and O–H groups in total. The normalized spacial score (nSPS) is 12.4. The smallest absolute Gasteiger partial charge is 0.316 e. The predicted molar refractivity (Wildman–Crippen MR) is 136 cm³/mol.